The Bertz CT molecular complexity index is 685. The zero-order chi connectivity index (χ0) is 14.8. The lowest BCUT2D eigenvalue weighted by Crippen LogP contribution is -2.43. The molecular formula is C16H15N3O2. The second-order valence-corrected chi connectivity index (χ2v) is 5.03. The van der Waals surface area contributed by atoms with Crippen LogP contribution in [0.5, 0.6) is 0 Å². The third-order valence-electron chi connectivity index (χ3n) is 3.53. The SMILES string of the molecule is C[C@@H]1Cc2ccccc2N1C(=O)C(=O)Nc1ccccn1. The van der Waals surface area contributed by atoms with Crippen molar-refractivity contribution in [2.45, 2.75) is 19.4 Å². The summed E-state index contributed by atoms with van der Waals surface area (Å²) in [4.78, 5) is 30.1. The van der Waals surface area contributed by atoms with Crippen LogP contribution in [-0.2, 0) is 16.0 Å². The van der Waals surface area contributed by atoms with Crippen LogP contribution in [0.2, 0.25) is 0 Å². The number of nitrogens with one attached hydrogen (secondary N) is 1. The minimum Gasteiger partial charge on any atom is -0.302 e. The maximum atomic E-state index is 12.4. The van der Waals surface area contributed by atoms with E-state index in [0.717, 1.165) is 17.7 Å². The summed E-state index contributed by atoms with van der Waals surface area (Å²) >= 11 is 0. The van der Waals surface area contributed by atoms with E-state index in [2.05, 4.69) is 10.3 Å². The number of anilines is 2. The van der Waals surface area contributed by atoms with Gasteiger partial charge in [0.15, 0.2) is 0 Å². The van der Waals surface area contributed by atoms with Crippen LogP contribution in [0.3, 0.4) is 0 Å². The molecule has 106 valence electrons. The number of carbonyl (C=O) groups excluding carboxylic acids is 2. The molecule has 1 aliphatic heterocycles. The lowest BCUT2D eigenvalue weighted by molar-refractivity contribution is -0.134. The van der Waals surface area contributed by atoms with Gasteiger partial charge in [-0.3, -0.25) is 9.59 Å². The van der Waals surface area contributed by atoms with Gasteiger partial charge in [-0.1, -0.05) is 24.3 Å². The molecule has 3 rings (SSSR count). The molecule has 0 saturated carbocycles. The number of fused-ring (bicyclic) bond motifs is 1. The summed E-state index contributed by atoms with van der Waals surface area (Å²) in [7, 11) is 0. The van der Waals surface area contributed by atoms with E-state index in [1.807, 2.05) is 31.2 Å². The van der Waals surface area contributed by atoms with Gasteiger partial charge in [-0.25, -0.2) is 4.98 Å². The number of carbonyl (C=O) groups is 2. The van der Waals surface area contributed by atoms with Gasteiger partial charge in [0.1, 0.15) is 5.82 Å². The van der Waals surface area contributed by atoms with E-state index in [0.29, 0.717) is 5.82 Å². The minimum absolute atomic E-state index is 0.0237. The Morgan fingerprint density at radius 3 is 2.71 bits per heavy atom. The molecule has 0 aliphatic carbocycles. The Balaban J connectivity index is 1.81. The zero-order valence-electron chi connectivity index (χ0n) is 11.6. The van der Waals surface area contributed by atoms with Gasteiger partial charge in [0.2, 0.25) is 0 Å². The molecule has 2 amide bonds. The van der Waals surface area contributed by atoms with Crippen molar-refractivity contribution in [3.05, 3.63) is 54.2 Å². The topological polar surface area (TPSA) is 62.3 Å². The van der Waals surface area contributed by atoms with Crippen LogP contribution in [0, 0.1) is 0 Å². The maximum absolute atomic E-state index is 12.4. The highest BCUT2D eigenvalue weighted by Gasteiger charge is 2.34. The second-order valence-electron chi connectivity index (χ2n) is 5.03. The van der Waals surface area contributed by atoms with Crippen molar-refractivity contribution >= 4 is 23.3 Å². The number of para-hydroxylation sites is 1. The molecule has 1 aromatic heterocycles. The predicted molar refractivity (Wildman–Crippen MR) is 80.0 cm³/mol. The summed E-state index contributed by atoms with van der Waals surface area (Å²) in [5, 5.41) is 2.53. The van der Waals surface area contributed by atoms with Crippen molar-refractivity contribution in [2.75, 3.05) is 10.2 Å². The van der Waals surface area contributed by atoms with Crippen LogP contribution >= 0.6 is 0 Å². The highest BCUT2D eigenvalue weighted by molar-refractivity contribution is 6.44. The van der Waals surface area contributed by atoms with Crippen LogP contribution in [0.1, 0.15) is 12.5 Å². The van der Waals surface area contributed by atoms with E-state index in [4.69, 9.17) is 0 Å². The molecule has 0 fully saturated rings. The van der Waals surface area contributed by atoms with Crippen LogP contribution in [0.4, 0.5) is 11.5 Å². The van der Waals surface area contributed by atoms with Gasteiger partial charge in [0, 0.05) is 17.9 Å². The van der Waals surface area contributed by atoms with Gasteiger partial charge in [-0.05, 0) is 37.1 Å². The molecule has 1 aromatic carbocycles. The maximum Gasteiger partial charge on any atom is 0.316 e. The summed E-state index contributed by atoms with van der Waals surface area (Å²) in [6.07, 6.45) is 2.33. The molecule has 1 atom stereocenters. The molecule has 0 saturated heterocycles. The van der Waals surface area contributed by atoms with E-state index in [-0.39, 0.29) is 6.04 Å². The predicted octanol–water partition coefficient (Wildman–Crippen LogP) is 2.00. The van der Waals surface area contributed by atoms with Crippen LogP contribution < -0.4 is 10.2 Å². The third-order valence-corrected chi connectivity index (χ3v) is 3.53. The fraction of sp³-hybridized carbons (Fsp3) is 0.188. The van der Waals surface area contributed by atoms with E-state index in [1.54, 1.807) is 29.3 Å². The Morgan fingerprint density at radius 2 is 1.95 bits per heavy atom. The van der Waals surface area contributed by atoms with Gasteiger partial charge >= 0.3 is 11.8 Å². The summed E-state index contributed by atoms with van der Waals surface area (Å²) in [6, 6.07) is 12.8. The Labute approximate surface area is 122 Å². The van der Waals surface area contributed by atoms with Gasteiger partial charge < -0.3 is 10.2 Å². The number of hydrogen-bond donors (Lipinski definition) is 1. The van der Waals surface area contributed by atoms with E-state index >= 15 is 0 Å². The average Bonchev–Trinajstić information content (AvgIpc) is 2.83. The smallest absolute Gasteiger partial charge is 0.302 e. The van der Waals surface area contributed by atoms with Gasteiger partial charge in [0.05, 0.1) is 0 Å². The molecule has 0 radical (unpaired) electrons. The quantitative estimate of drug-likeness (QED) is 0.813. The molecule has 1 N–H and O–H groups in total. The summed E-state index contributed by atoms with van der Waals surface area (Å²) in [5.74, 6) is -0.855. The largest absolute Gasteiger partial charge is 0.316 e. The number of pyridine rings is 1. The first-order chi connectivity index (χ1) is 10.2. The number of hydrogen-bond acceptors (Lipinski definition) is 3. The van der Waals surface area contributed by atoms with E-state index in [9.17, 15) is 9.59 Å². The van der Waals surface area contributed by atoms with E-state index in [1.165, 1.54) is 0 Å². The number of amides is 2. The zero-order valence-corrected chi connectivity index (χ0v) is 11.6. The molecular weight excluding hydrogens is 266 g/mol. The lowest BCUT2D eigenvalue weighted by Gasteiger charge is -2.21. The highest BCUT2D eigenvalue weighted by Crippen LogP contribution is 2.31. The van der Waals surface area contributed by atoms with Gasteiger partial charge in [-0.15, -0.1) is 0 Å². The normalized spacial score (nSPS) is 16.4. The van der Waals surface area contributed by atoms with Crippen molar-refractivity contribution in [2.24, 2.45) is 0 Å². The summed E-state index contributed by atoms with van der Waals surface area (Å²) in [6.45, 7) is 1.94. The fourth-order valence-corrected chi connectivity index (χ4v) is 2.59. The molecule has 5 heteroatoms. The molecule has 0 unspecified atom stereocenters. The monoisotopic (exact) mass is 281 g/mol. The molecule has 21 heavy (non-hydrogen) atoms. The average molecular weight is 281 g/mol. The molecule has 2 heterocycles. The van der Waals surface area contributed by atoms with Crippen molar-refractivity contribution in [1.82, 2.24) is 4.98 Å². The van der Waals surface area contributed by atoms with Crippen molar-refractivity contribution in [3.63, 3.8) is 0 Å². The molecule has 0 spiro atoms. The Kier molecular flexibility index (Phi) is 3.39. The first-order valence-electron chi connectivity index (χ1n) is 6.80. The molecule has 5 nitrogen and oxygen atoms in total. The second kappa shape index (κ2) is 5.36. The number of nitrogens with zero attached hydrogens (tertiary/aromatic N) is 2. The Morgan fingerprint density at radius 1 is 1.19 bits per heavy atom. The molecule has 1 aliphatic rings. The molecule has 0 bridgehead atoms. The fourth-order valence-electron chi connectivity index (χ4n) is 2.59. The van der Waals surface area contributed by atoms with Gasteiger partial charge in [-0.2, -0.15) is 0 Å². The highest BCUT2D eigenvalue weighted by atomic mass is 16.2. The third kappa shape index (κ3) is 2.50. The van der Waals surface area contributed by atoms with Crippen molar-refractivity contribution < 1.29 is 9.59 Å². The summed E-state index contributed by atoms with van der Waals surface area (Å²) < 4.78 is 0. The first-order valence-corrected chi connectivity index (χ1v) is 6.80. The van der Waals surface area contributed by atoms with Crippen molar-refractivity contribution in [3.8, 4) is 0 Å². The first kappa shape index (κ1) is 13.3. The molecule has 2 aromatic rings. The standard InChI is InChI=1S/C16H15N3O2/c1-11-10-12-6-2-3-7-13(12)19(11)16(21)15(20)18-14-8-4-5-9-17-14/h2-9,11H,10H2,1H3,(H,17,18,20)/t11-/m1/s1. The Hall–Kier alpha value is -2.69. The number of rotatable bonds is 1. The van der Waals surface area contributed by atoms with Crippen LogP contribution in [0.15, 0.2) is 48.7 Å². The van der Waals surface area contributed by atoms with Gasteiger partial charge in [0.25, 0.3) is 0 Å². The minimum atomic E-state index is -0.669. The number of aromatic nitrogens is 1. The summed E-state index contributed by atoms with van der Waals surface area (Å²) in [5.41, 5.74) is 1.90. The van der Waals surface area contributed by atoms with Crippen LogP contribution in [-0.4, -0.2) is 22.8 Å². The lowest BCUT2D eigenvalue weighted by atomic mass is 10.1. The van der Waals surface area contributed by atoms with Crippen molar-refractivity contribution in [1.29, 1.82) is 0 Å². The van der Waals surface area contributed by atoms with Crippen LogP contribution in [0.25, 0.3) is 0 Å². The number of benzene rings is 1. The van der Waals surface area contributed by atoms with E-state index < -0.39 is 11.8 Å².